The van der Waals surface area contributed by atoms with E-state index < -0.39 is 98.4 Å². The molecule has 0 radical (unpaired) electrons. The van der Waals surface area contributed by atoms with Gasteiger partial charge in [-0.3, -0.25) is 4.79 Å². The fourth-order valence-electron chi connectivity index (χ4n) is 14.0. The standard InChI is InChI=1S/C50H55F10NO9S3/c1-28-36-20-32-18-33(21-36)25-45(28,24-32)43(67-30(3)61(72(63,64)49(57,58)47(51,52)53)73(65,66)50(59,60)48(54,55)56)69-39-14-8-10-16-41(39)71(38-12-6-5-7-13-38)42-17-11-9-15-40(42)70-44(68-31(4)62)46-26-34-19-35(27-46)23-37(22-34)29(46)2/h5-17,28-29,32-37,43-44H,18-27H2,1-4H3/q+2. The number of ether oxygens (including phenoxy) is 4. The first-order chi connectivity index (χ1) is 33.9. The summed E-state index contributed by atoms with van der Waals surface area (Å²) in [5, 5.41) is -14.5. The third-order valence-corrected chi connectivity index (χ3v) is 23.5. The van der Waals surface area contributed by atoms with Gasteiger partial charge in [-0.15, -0.1) is 0 Å². The van der Waals surface area contributed by atoms with Crippen LogP contribution in [0.15, 0.2) is 93.5 Å². The van der Waals surface area contributed by atoms with Gasteiger partial charge in [0.05, 0.1) is 6.92 Å². The molecule has 8 bridgehead atoms. The third-order valence-electron chi connectivity index (χ3n) is 16.9. The van der Waals surface area contributed by atoms with Crippen molar-refractivity contribution in [1.82, 2.24) is 0 Å². The van der Waals surface area contributed by atoms with E-state index >= 15 is 17.6 Å². The number of nitrogens with zero attached hydrogens (tertiary/aromatic N) is 1. The summed E-state index contributed by atoms with van der Waals surface area (Å²) in [6.45, 7) is 5.35. The minimum Gasteiger partial charge on any atom is -0.449 e. The minimum absolute atomic E-state index is 0.0866. The molecule has 9 atom stereocenters. The molecule has 8 fully saturated rings. The Morgan fingerprint density at radius 1 is 0.562 bits per heavy atom. The first-order valence-corrected chi connectivity index (χ1v) is 28.2. The number of esters is 1. The summed E-state index contributed by atoms with van der Waals surface area (Å²) in [6.07, 6.45) is -10.4. The monoisotopic (exact) mass is 1100 g/mol. The van der Waals surface area contributed by atoms with E-state index in [4.69, 9.17) is 18.9 Å². The minimum atomic E-state index is -8.14. The van der Waals surface area contributed by atoms with E-state index in [0.29, 0.717) is 57.5 Å². The molecule has 3 aromatic rings. The highest BCUT2D eigenvalue weighted by molar-refractivity contribution is 7.98. The van der Waals surface area contributed by atoms with Gasteiger partial charge < -0.3 is 18.9 Å². The molecule has 400 valence electrons. The van der Waals surface area contributed by atoms with Crippen molar-refractivity contribution in [2.45, 2.75) is 142 Å². The number of hydrogen-bond acceptors (Lipinski definition) is 9. The Morgan fingerprint density at radius 3 is 1.29 bits per heavy atom. The van der Waals surface area contributed by atoms with Gasteiger partial charge in [0, 0.05) is 21.1 Å². The SMILES string of the molecule is CC(=O)OC(Oc1ccccc1[S+](c1ccccc1)c1ccccc1OC(OC(C)=[N+](S(=O)(=O)C(F)(F)C(F)(F)F)S(=O)(=O)C(F)(F)C(F)(F)F)C12CC3CC(CC(C3)C1C)C2)C12CC3CC(CC(C3)C1C)C2. The number of carbonyl (C=O) groups excluding carboxylic acids is 1. The van der Waals surface area contributed by atoms with Crippen molar-refractivity contribution in [3.05, 3.63) is 78.9 Å². The molecule has 3 aromatic carbocycles. The van der Waals surface area contributed by atoms with Crippen molar-refractivity contribution in [2.24, 2.45) is 58.2 Å². The third kappa shape index (κ3) is 8.87. The highest BCUT2D eigenvalue weighted by atomic mass is 32.3. The Morgan fingerprint density at radius 2 is 0.918 bits per heavy atom. The first kappa shape index (κ1) is 53.6. The lowest BCUT2D eigenvalue weighted by atomic mass is 9.45. The number of rotatable bonds is 15. The molecular weight excluding hydrogens is 1040 g/mol. The maximum absolute atomic E-state index is 15.1. The fraction of sp³-hybridized carbons (Fsp3) is 0.600. The van der Waals surface area contributed by atoms with Crippen molar-refractivity contribution < 1.29 is 87.9 Å². The molecule has 8 aliphatic rings. The van der Waals surface area contributed by atoms with E-state index in [-0.39, 0.29) is 49.2 Å². The van der Waals surface area contributed by atoms with E-state index in [1.54, 1.807) is 73.7 Å². The van der Waals surface area contributed by atoms with Crippen LogP contribution in [0.25, 0.3) is 0 Å². The number of carbonyl (C=O) groups is 1. The molecule has 0 N–H and O–H groups in total. The topological polar surface area (TPSA) is 125 Å². The Labute approximate surface area is 419 Å². The zero-order chi connectivity index (χ0) is 53.1. The molecule has 23 heteroatoms. The first-order valence-electron chi connectivity index (χ1n) is 24.1. The predicted molar refractivity (Wildman–Crippen MR) is 244 cm³/mol. The predicted octanol–water partition coefficient (Wildman–Crippen LogP) is 12.1. The van der Waals surface area contributed by atoms with Gasteiger partial charge in [0.25, 0.3) is 6.29 Å². The van der Waals surface area contributed by atoms with Crippen LogP contribution in [0.2, 0.25) is 0 Å². The van der Waals surface area contributed by atoms with Gasteiger partial charge in [-0.1, -0.05) is 56.3 Å². The van der Waals surface area contributed by atoms with Crippen LogP contribution < -0.4 is 9.47 Å². The number of sulfonamides is 2. The molecule has 0 amide bonds. The number of alkyl halides is 10. The van der Waals surface area contributed by atoms with E-state index in [9.17, 15) is 48.0 Å². The molecule has 0 saturated heterocycles. The smallest absolute Gasteiger partial charge is 0.449 e. The van der Waals surface area contributed by atoms with Crippen LogP contribution in [0.4, 0.5) is 43.9 Å². The summed E-state index contributed by atoms with van der Waals surface area (Å²) >= 11 is 0. The van der Waals surface area contributed by atoms with Crippen LogP contribution in [0, 0.1) is 58.2 Å². The van der Waals surface area contributed by atoms with Gasteiger partial charge in [0.2, 0.25) is 16.1 Å². The zero-order valence-corrected chi connectivity index (χ0v) is 42.4. The molecule has 8 aliphatic carbocycles. The van der Waals surface area contributed by atoms with Gasteiger partial charge in [0.15, 0.2) is 16.4 Å². The average molecular weight is 1100 g/mol. The quantitative estimate of drug-likeness (QED) is 0.0278. The van der Waals surface area contributed by atoms with E-state index in [1.165, 1.54) is 19.1 Å². The molecule has 73 heavy (non-hydrogen) atoms. The van der Waals surface area contributed by atoms with Gasteiger partial charge in [-0.05, 0) is 148 Å². The lowest BCUT2D eigenvalue weighted by molar-refractivity contribution is -0.301. The maximum Gasteiger partial charge on any atom is 0.502 e. The molecule has 0 spiro atoms. The fourth-order valence-corrected chi connectivity index (χ4v) is 19.6. The Balaban J connectivity index is 1.20. The number of benzene rings is 3. The van der Waals surface area contributed by atoms with Crippen molar-refractivity contribution in [3.8, 4) is 11.5 Å². The number of halogens is 10. The van der Waals surface area contributed by atoms with Gasteiger partial charge in [0.1, 0.15) is 10.9 Å². The van der Waals surface area contributed by atoms with Crippen LogP contribution in [-0.4, -0.2) is 67.5 Å². The van der Waals surface area contributed by atoms with Crippen LogP contribution in [0.1, 0.15) is 91.9 Å². The van der Waals surface area contributed by atoms with Crippen molar-refractivity contribution in [1.29, 1.82) is 0 Å². The van der Waals surface area contributed by atoms with Gasteiger partial charge >= 0.3 is 54.8 Å². The molecule has 0 aliphatic heterocycles. The molecule has 9 unspecified atom stereocenters. The molecule has 8 saturated carbocycles. The lowest BCUT2D eigenvalue weighted by Gasteiger charge is -2.61. The van der Waals surface area contributed by atoms with E-state index in [0.717, 1.165) is 32.1 Å². The summed E-state index contributed by atoms with van der Waals surface area (Å²) in [4.78, 5) is 14.4. The zero-order valence-electron chi connectivity index (χ0n) is 40.0. The lowest BCUT2D eigenvalue weighted by Crippen LogP contribution is -2.60. The van der Waals surface area contributed by atoms with Crippen LogP contribution >= 0.6 is 0 Å². The van der Waals surface area contributed by atoms with E-state index in [2.05, 4.69) is 6.92 Å². The van der Waals surface area contributed by atoms with Crippen LogP contribution in [-0.2, 0) is 45.2 Å². The Hall–Kier alpha value is -4.25. The van der Waals surface area contributed by atoms with Gasteiger partial charge in [-0.2, -0.15) is 60.7 Å². The highest BCUT2D eigenvalue weighted by Gasteiger charge is 2.81. The second kappa shape index (κ2) is 18.5. The average Bonchev–Trinajstić information content (AvgIpc) is 3.29. The Bertz CT molecular complexity index is 2780. The largest absolute Gasteiger partial charge is 0.502 e. The van der Waals surface area contributed by atoms with E-state index in [1.807, 2.05) is 0 Å². The second-order valence-electron chi connectivity index (χ2n) is 21.2. The second-order valence-corrected chi connectivity index (χ2v) is 27.0. The molecule has 10 nitrogen and oxygen atoms in total. The maximum atomic E-state index is 15.1. The summed E-state index contributed by atoms with van der Waals surface area (Å²) in [6, 6.07) is 22.0. The van der Waals surface area contributed by atoms with Gasteiger partial charge in [-0.25, -0.2) is 0 Å². The summed E-state index contributed by atoms with van der Waals surface area (Å²) in [5.41, 5.74) is -1.89. The number of hydrogen-bond donors (Lipinski definition) is 0. The van der Waals surface area contributed by atoms with Crippen LogP contribution in [0.5, 0.6) is 11.5 Å². The summed E-state index contributed by atoms with van der Waals surface area (Å²) in [5.74, 6) is -1.92. The Kier molecular flexibility index (Phi) is 13.6. The summed E-state index contributed by atoms with van der Waals surface area (Å²) in [7, 11) is -17.6. The normalized spacial score (nSPS) is 31.1. The number of para-hydroxylation sites is 2. The molecule has 0 aromatic heterocycles. The van der Waals surface area contributed by atoms with Crippen LogP contribution in [0.3, 0.4) is 0 Å². The molecule has 11 rings (SSSR count). The van der Waals surface area contributed by atoms with Crippen molar-refractivity contribution >= 4 is 42.8 Å². The van der Waals surface area contributed by atoms with Crippen molar-refractivity contribution in [3.63, 3.8) is 0 Å². The summed E-state index contributed by atoms with van der Waals surface area (Å²) < 4.78 is 220. The highest BCUT2D eigenvalue weighted by Crippen LogP contribution is 2.66. The molecule has 0 heterocycles. The van der Waals surface area contributed by atoms with Crippen molar-refractivity contribution in [2.75, 3.05) is 0 Å². The molecular formula is C50H55F10NO9S3+2.